The molecule has 0 spiro atoms. The van der Waals surface area contributed by atoms with Gasteiger partial charge >= 0.3 is 35.8 Å². The molecule has 4 unspecified atom stereocenters. The van der Waals surface area contributed by atoms with Gasteiger partial charge in [-0.15, -0.1) is 0 Å². The zero-order chi connectivity index (χ0) is 95.7. The number of aliphatic hydroxyl groups is 7. The summed E-state index contributed by atoms with van der Waals surface area (Å²) in [5.74, 6) is -5.14. The Bertz CT molecular complexity index is 4650. The molecule has 6 aromatic rings. The first kappa shape index (κ1) is 105. The van der Waals surface area contributed by atoms with Crippen molar-refractivity contribution in [2.45, 2.75) is 307 Å². The molecule has 2 aliphatic heterocycles. The maximum absolute atomic E-state index is 14.8. The Balaban J connectivity index is 0.933. The molecule has 2 aliphatic rings. The average Bonchev–Trinajstić information content (AvgIpc) is 1.66. The number of fused-ring (bicyclic) bond motifs is 4. The van der Waals surface area contributed by atoms with Gasteiger partial charge in [0.15, 0.2) is 0 Å². The van der Waals surface area contributed by atoms with Gasteiger partial charge < -0.3 is 106 Å². The lowest BCUT2D eigenvalue weighted by Gasteiger charge is -2.31. The van der Waals surface area contributed by atoms with Crippen LogP contribution in [0, 0.1) is 0 Å². The number of H-pyrrole nitrogens is 2. The van der Waals surface area contributed by atoms with Crippen LogP contribution in [-0.4, -0.2) is 279 Å². The predicted molar refractivity (Wildman–Crippen MR) is 482 cm³/mol. The van der Waals surface area contributed by atoms with Gasteiger partial charge in [0.05, 0.1) is 92.4 Å². The third kappa shape index (κ3) is 34.3. The van der Waals surface area contributed by atoms with Crippen LogP contribution in [0.15, 0.2) is 84.9 Å². The van der Waals surface area contributed by atoms with E-state index in [1.54, 1.807) is 147 Å². The SMILES string of the molecule is COC(=O)C[C@@H]1Nc2ccc([C@@H](O)N(C)Cc3nc4ccccc4[nH]3)cc2CN(CCCN[C@H](O)C(CCC(=O)OC(C)(C)C)NC(=O)[C@H](CCC(=O)OC(C)(C)C)NC(=O)C(N)CC[C@H](O)NC(CCC(=O)OC(C)(C)C)[C@@H](O)NC(CCC(=O)OC(C)(C)C)C(=O)NCCCN2Cc3cc([C@H](O)N(C)Cc4nc5ccccc5[nH]4)ccc3N[C@H](CC(=O)OC)[C@@H]2O)[C@@H]1O. The molecule has 39 heteroatoms. The molecular formula is C91H139N17O22. The van der Waals surface area contributed by atoms with E-state index in [9.17, 15) is 78.9 Å². The van der Waals surface area contributed by atoms with Crippen molar-refractivity contribution in [2.24, 2.45) is 5.73 Å². The fourth-order valence-electron chi connectivity index (χ4n) is 15.2. The molecule has 2 aromatic heterocycles. The minimum atomic E-state index is -1.77. The first-order valence-electron chi connectivity index (χ1n) is 44.3. The number of nitrogens with zero attached hydrogens (tertiary/aromatic N) is 6. The number of rotatable bonds is 47. The third-order valence-electron chi connectivity index (χ3n) is 21.6. The number of nitrogens with two attached hydrogens (primary N) is 1. The minimum Gasteiger partial charge on any atom is -0.469 e. The van der Waals surface area contributed by atoms with Gasteiger partial charge in [-0.1, -0.05) is 36.4 Å². The quantitative estimate of drug-likeness (QED) is 0.0110. The summed E-state index contributed by atoms with van der Waals surface area (Å²) in [5, 5.41) is 107. The summed E-state index contributed by atoms with van der Waals surface area (Å²) in [6.07, 6.45) is -12.7. The number of benzene rings is 4. The highest BCUT2D eigenvalue weighted by molar-refractivity contribution is 5.90. The number of amides is 3. The van der Waals surface area contributed by atoms with Crippen molar-refractivity contribution >= 4 is 87.0 Å². The van der Waals surface area contributed by atoms with Crippen molar-refractivity contribution in [3.8, 4) is 0 Å². The number of esters is 6. The first-order chi connectivity index (χ1) is 61.1. The van der Waals surface area contributed by atoms with E-state index in [1.807, 2.05) is 54.6 Å². The molecule has 0 saturated carbocycles. The van der Waals surface area contributed by atoms with E-state index in [0.29, 0.717) is 45.3 Å². The lowest BCUT2D eigenvalue weighted by atomic mass is 10.0. The fraction of sp³-hybridized carbons (Fsp3) is 0.615. The van der Waals surface area contributed by atoms with E-state index in [4.69, 9.17) is 34.2 Å². The topological polar surface area (TPSA) is 543 Å². The Morgan fingerprint density at radius 1 is 0.492 bits per heavy atom. The predicted octanol–water partition coefficient (Wildman–Crippen LogP) is 4.26. The van der Waals surface area contributed by atoms with Crippen LogP contribution in [-0.2, 0) is 97.8 Å². The van der Waals surface area contributed by atoms with Gasteiger partial charge in [0.2, 0.25) is 17.7 Å². The largest absolute Gasteiger partial charge is 0.469 e. The summed E-state index contributed by atoms with van der Waals surface area (Å²) in [7, 11) is 5.99. The van der Waals surface area contributed by atoms with E-state index in [-0.39, 0.29) is 136 Å². The highest BCUT2D eigenvalue weighted by Gasteiger charge is 2.38. The van der Waals surface area contributed by atoms with Crippen molar-refractivity contribution in [3.63, 3.8) is 0 Å². The second kappa shape index (κ2) is 48.4. The van der Waals surface area contributed by atoms with Crippen molar-refractivity contribution < 1.29 is 107 Å². The van der Waals surface area contributed by atoms with Gasteiger partial charge in [0, 0.05) is 75.8 Å². The van der Waals surface area contributed by atoms with Gasteiger partial charge in [-0.3, -0.25) is 78.7 Å². The number of carbonyl (C=O) groups is 9. The second-order valence-electron chi connectivity index (χ2n) is 37.4. The molecule has 130 heavy (non-hydrogen) atoms. The molecule has 19 N–H and O–H groups in total. The Morgan fingerprint density at radius 2 is 0.908 bits per heavy atom. The number of anilines is 2. The number of carbonyl (C=O) groups excluding carboxylic acids is 9. The van der Waals surface area contributed by atoms with Crippen LogP contribution in [0.5, 0.6) is 0 Å². The minimum absolute atomic E-state index is 0.0219. The zero-order valence-corrected chi connectivity index (χ0v) is 77.7. The zero-order valence-electron chi connectivity index (χ0n) is 77.7. The molecule has 14 atom stereocenters. The number of methoxy groups -OCH3 is 2. The van der Waals surface area contributed by atoms with Gasteiger partial charge in [-0.05, 0) is 226 Å². The highest BCUT2D eigenvalue weighted by atomic mass is 16.6. The van der Waals surface area contributed by atoms with Crippen molar-refractivity contribution in [3.05, 3.63) is 119 Å². The second-order valence-corrected chi connectivity index (χ2v) is 37.4. The normalized spacial score (nSPS) is 18.2. The number of ether oxygens (including phenoxy) is 6. The third-order valence-corrected chi connectivity index (χ3v) is 21.6. The average molecular weight is 1820 g/mol. The van der Waals surface area contributed by atoms with Crippen LogP contribution in [0.4, 0.5) is 11.4 Å². The lowest BCUT2D eigenvalue weighted by molar-refractivity contribution is -0.156. The molecule has 720 valence electrons. The summed E-state index contributed by atoms with van der Waals surface area (Å²) in [6, 6.07) is 17.1. The number of imidazole rings is 2. The molecule has 3 amide bonds. The summed E-state index contributed by atoms with van der Waals surface area (Å²) in [6.45, 7) is 21.1. The summed E-state index contributed by atoms with van der Waals surface area (Å²) >= 11 is 0. The molecular weight excluding hydrogens is 1680 g/mol. The van der Waals surface area contributed by atoms with Gasteiger partial charge in [-0.2, -0.15) is 0 Å². The number of para-hydroxylation sites is 4. The monoisotopic (exact) mass is 1820 g/mol. The van der Waals surface area contributed by atoms with Crippen LogP contribution in [0.25, 0.3) is 22.1 Å². The molecule has 0 saturated heterocycles. The lowest BCUT2D eigenvalue weighted by Crippen LogP contribution is -2.58. The van der Waals surface area contributed by atoms with E-state index < -0.39 is 168 Å². The molecule has 39 nitrogen and oxygen atoms in total. The van der Waals surface area contributed by atoms with E-state index in [1.165, 1.54) is 14.2 Å². The Labute approximate surface area is 759 Å². The molecule has 4 heterocycles. The molecule has 4 aromatic carbocycles. The number of aromatic amines is 2. The van der Waals surface area contributed by atoms with Crippen molar-refractivity contribution in [1.82, 2.24) is 71.4 Å². The fourth-order valence-corrected chi connectivity index (χ4v) is 15.2. The molecule has 0 bridgehead atoms. The number of aliphatic hydroxyl groups excluding tert-OH is 7. The highest BCUT2D eigenvalue weighted by Crippen LogP contribution is 2.34. The van der Waals surface area contributed by atoms with Gasteiger partial charge in [-0.25, -0.2) is 9.97 Å². The van der Waals surface area contributed by atoms with E-state index in [0.717, 1.165) is 22.1 Å². The molecule has 0 fully saturated rings. The van der Waals surface area contributed by atoms with E-state index >= 15 is 0 Å². The van der Waals surface area contributed by atoms with Crippen LogP contribution >= 0.6 is 0 Å². The number of hydrogen-bond acceptors (Lipinski definition) is 34. The summed E-state index contributed by atoms with van der Waals surface area (Å²) in [5.41, 5.74) is 9.77. The number of aromatic nitrogens is 4. The van der Waals surface area contributed by atoms with Crippen molar-refractivity contribution in [1.29, 1.82) is 0 Å². The smallest absolute Gasteiger partial charge is 0.307 e. The van der Waals surface area contributed by atoms with Crippen molar-refractivity contribution in [2.75, 3.05) is 65.1 Å². The standard InChI is InChI=1S/C91H139N17O22/c1-88(2,3)127-73(110)37-32-64(80(117)93-41-21-43-107-49-55-45-53(27-30-58(55)95-68(86(107)123)47-77(114)125-15)84(121)105(13)51-70-97-60-23-17-18-24-61(60)98-70)103-82(119)66(34-39-75(112)129-90(7,8)9)101-72(109)36-29-57(92)79(116)102-67(35-40-76(113)130-91(10,11)12)83(120)104-65(33-38-74(111)128-89(4,5)6)81(118)94-42-22-44-108-50-56-46-54(28-31-59(56)96-69(87(108)124)48-78(115)126-16)85(122)106(14)52-71-99-62-25-19-20-26-63(62)100-71/h17-20,23-28,30-31,45-46,57,64-69,72,81-82,84-87,94-96,101,103,109,118-119,121-124H,21-22,29,32-44,47-52,92H2,1-16H3,(H,93,117)(H,97,98)(H,99,100)(H,102,116)(H,104,120)/t57?,64?,65?,66?,67-,68+,69-,72-,81+,82+,84-,85+,86-,87+/m0/s1. The Kier molecular flexibility index (Phi) is 39.3. The number of hydrogen-bond donors (Lipinski definition) is 18. The van der Waals surface area contributed by atoms with Crippen LogP contribution in [0.3, 0.4) is 0 Å². The van der Waals surface area contributed by atoms with Gasteiger partial charge in [0.1, 0.15) is 83.7 Å². The first-order valence-corrected chi connectivity index (χ1v) is 44.3. The summed E-state index contributed by atoms with van der Waals surface area (Å²) < 4.78 is 32.3. The number of nitrogens with one attached hydrogen (secondary N) is 10. The molecule has 0 radical (unpaired) electrons. The Hall–Kier alpha value is -9.95. The maximum atomic E-state index is 14.8. The Morgan fingerprint density at radius 3 is 1.34 bits per heavy atom. The van der Waals surface area contributed by atoms with Crippen LogP contribution in [0.2, 0.25) is 0 Å². The van der Waals surface area contributed by atoms with Gasteiger partial charge in [0.25, 0.3) is 0 Å². The molecule has 8 rings (SSSR count). The van der Waals surface area contributed by atoms with Crippen LogP contribution < -0.4 is 48.3 Å². The molecule has 0 aliphatic carbocycles. The van der Waals surface area contributed by atoms with E-state index in [2.05, 4.69) is 62.5 Å². The maximum Gasteiger partial charge on any atom is 0.307 e. The summed E-state index contributed by atoms with van der Waals surface area (Å²) in [4.78, 5) is 145. The van der Waals surface area contributed by atoms with Crippen LogP contribution in [0.1, 0.15) is 219 Å².